The summed E-state index contributed by atoms with van der Waals surface area (Å²) >= 11 is 1.72. The molecule has 21 heavy (non-hydrogen) atoms. The average Bonchev–Trinajstić information content (AvgIpc) is 2.45. The summed E-state index contributed by atoms with van der Waals surface area (Å²) in [5.41, 5.74) is 8.36. The van der Waals surface area contributed by atoms with E-state index in [1.165, 1.54) is 16.0 Å². The molecule has 1 saturated carbocycles. The van der Waals surface area contributed by atoms with Gasteiger partial charge in [0.25, 0.3) is 0 Å². The Labute approximate surface area is 132 Å². The molecule has 0 heterocycles. The summed E-state index contributed by atoms with van der Waals surface area (Å²) in [7, 11) is 0. The molecule has 0 spiro atoms. The molecule has 0 aliphatic heterocycles. The molecule has 2 unspecified atom stereocenters. The highest BCUT2D eigenvalue weighted by atomic mass is 32.2. The van der Waals surface area contributed by atoms with Crippen molar-refractivity contribution < 1.29 is 4.79 Å². The van der Waals surface area contributed by atoms with Gasteiger partial charge in [-0.1, -0.05) is 25.0 Å². The molecule has 1 aromatic carbocycles. The lowest BCUT2D eigenvalue weighted by atomic mass is 9.74. The van der Waals surface area contributed by atoms with Gasteiger partial charge in [-0.3, -0.25) is 4.79 Å². The molecular weight excluding hydrogens is 280 g/mol. The van der Waals surface area contributed by atoms with E-state index in [2.05, 4.69) is 36.7 Å². The van der Waals surface area contributed by atoms with E-state index < -0.39 is 0 Å². The van der Waals surface area contributed by atoms with Gasteiger partial charge in [-0.05, 0) is 50.1 Å². The van der Waals surface area contributed by atoms with Crippen LogP contribution in [0, 0.1) is 12.8 Å². The summed E-state index contributed by atoms with van der Waals surface area (Å²) in [6.45, 7) is 4.68. The Morgan fingerprint density at radius 1 is 1.48 bits per heavy atom. The summed E-state index contributed by atoms with van der Waals surface area (Å²) in [5.74, 6) is 0.0433. The highest BCUT2D eigenvalue weighted by Crippen LogP contribution is 2.31. The number of rotatable bonds is 4. The number of nitrogens with one attached hydrogen (secondary N) is 1. The molecule has 4 heteroatoms. The highest BCUT2D eigenvalue weighted by Gasteiger charge is 2.37. The van der Waals surface area contributed by atoms with Crippen LogP contribution in [0.4, 0.5) is 0 Å². The number of hydrogen-bond donors (Lipinski definition) is 2. The molecule has 1 aliphatic carbocycles. The van der Waals surface area contributed by atoms with Gasteiger partial charge in [0.1, 0.15) is 0 Å². The first kappa shape index (κ1) is 16.4. The van der Waals surface area contributed by atoms with Crippen molar-refractivity contribution in [2.24, 2.45) is 11.7 Å². The number of benzene rings is 1. The molecular formula is C17H26N2OS. The number of aryl methyl sites for hydroxylation is 1. The quantitative estimate of drug-likeness (QED) is 0.840. The molecule has 1 aliphatic rings. The van der Waals surface area contributed by atoms with Gasteiger partial charge < -0.3 is 11.1 Å². The Balaban J connectivity index is 2.01. The van der Waals surface area contributed by atoms with E-state index in [1.54, 1.807) is 11.8 Å². The molecule has 2 rings (SSSR count). The number of amides is 1. The fourth-order valence-corrected chi connectivity index (χ4v) is 3.80. The fourth-order valence-electron chi connectivity index (χ4n) is 3.09. The Hall–Kier alpha value is -1.00. The van der Waals surface area contributed by atoms with E-state index in [1.807, 2.05) is 6.92 Å². The molecule has 0 saturated heterocycles. The zero-order valence-corrected chi connectivity index (χ0v) is 14.1. The Morgan fingerprint density at radius 2 is 2.24 bits per heavy atom. The van der Waals surface area contributed by atoms with Crippen molar-refractivity contribution in [3.05, 3.63) is 29.3 Å². The van der Waals surface area contributed by atoms with Crippen LogP contribution in [0.3, 0.4) is 0 Å². The van der Waals surface area contributed by atoms with Gasteiger partial charge in [0.2, 0.25) is 5.91 Å². The molecule has 0 radical (unpaired) electrons. The maximum absolute atomic E-state index is 12.5. The second-order valence-corrected chi connectivity index (χ2v) is 7.19. The van der Waals surface area contributed by atoms with Crippen LogP contribution >= 0.6 is 11.8 Å². The molecule has 3 nitrogen and oxygen atoms in total. The third-order valence-corrected chi connectivity index (χ3v) is 5.29. The van der Waals surface area contributed by atoms with Crippen molar-refractivity contribution in [2.75, 3.05) is 6.26 Å². The molecule has 3 N–H and O–H groups in total. The molecule has 1 fully saturated rings. The lowest BCUT2D eigenvalue weighted by Crippen LogP contribution is -2.52. The van der Waals surface area contributed by atoms with Crippen molar-refractivity contribution in [1.82, 2.24) is 5.32 Å². The van der Waals surface area contributed by atoms with E-state index in [0.717, 1.165) is 25.7 Å². The molecule has 0 aromatic heterocycles. The van der Waals surface area contributed by atoms with Crippen LogP contribution in [-0.4, -0.2) is 17.7 Å². The normalized spacial score (nSPS) is 25.6. The number of carbonyl (C=O) groups excluding carboxylic acids is 1. The Kier molecular flexibility index (Phi) is 5.33. The summed E-state index contributed by atoms with van der Waals surface area (Å²) in [6.07, 6.45) is 6.14. The van der Waals surface area contributed by atoms with Crippen LogP contribution in [0.15, 0.2) is 23.1 Å². The van der Waals surface area contributed by atoms with Crippen molar-refractivity contribution in [1.29, 1.82) is 0 Å². The Morgan fingerprint density at radius 3 is 2.90 bits per heavy atom. The van der Waals surface area contributed by atoms with Crippen LogP contribution in [0.2, 0.25) is 0 Å². The summed E-state index contributed by atoms with van der Waals surface area (Å²) in [5, 5.41) is 3.09. The van der Waals surface area contributed by atoms with Gasteiger partial charge >= 0.3 is 0 Å². The second kappa shape index (κ2) is 6.84. The zero-order chi connectivity index (χ0) is 15.5. The summed E-state index contributed by atoms with van der Waals surface area (Å²) < 4.78 is 0. The zero-order valence-electron chi connectivity index (χ0n) is 13.2. The summed E-state index contributed by atoms with van der Waals surface area (Å²) in [4.78, 5) is 13.7. The lowest BCUT2D eigenvalue weighted by Gasteiger charge is -2.37. The fraction of sp³-hybridized carbons (Fsp3) is 0.588. The topological polar surface area (TPSA) is 55.1 Å². The number of thioether (sulfide) groups is 1. The molecule has 1 aromatic rings. The third kappa shape index (κ3) is 4.01. The van der Waals surface area contributed by atoms with E-state index in [4.69, 9.17) is 5.73 Å². The smallest absolute Gasteiger partial charge is 0.225 e. The molecule has 116 valence electrons. The van der Waals surface area contributed by atoms with E-state index in [0.29, 0.717) is 6.54 Å². The third-order valence-electron chi connectivity index (χ3n) is 4.47. The largest absolute Gasteiger partial charge is 0.352 e. The minimum atomic E-state index is -0.363. The van der Waals surface area contributed by atoms with Crippen LogP contribution in [0.25, 0.3) is 0 Å². The monoisotopic (exact) mass is 306 g/mol. The second-order valence-electron chi connectivity index (χ2n) is 6.34. The number of nitrogens with two attached hydrogens (primary N) is 1. The standard InChI is InChI=1S/C17H26N2OS/c1-12-7-8-13(15(10-12)21-3)11-19-16(20)14-6-4-5-9-17(14,2)18/h7-8,10,14H,4-6,9,11,18H2,1-3H3,(H,19,20). The SMILES string of the molecule is CSc1cc(C)ccc1CNC(=O)C1CCCCC1(C)N. The van der Waals surface area contributed by atoms with Crippen molar-refractivity contribution >= 4 is 17.7 Å². The van der Waals surface area contributed by atoms with Crippen molar-refractivity contribution in [2.45, 2.75) is 56.5 Å². The molecule has 1 amide bonds. The van der Waals surface area contributed by atoms with Gasteiger partial charge in [0.05, 0.1) is 5.92 Å². The first-order valence-electron chi connectivity index (χ1n) is 7.64. The molecule has 0 bridgehead atoms. The predicted octanol–water partition coefficient (Wildman–Crippen LogP) is 3.24. The number of hydrogen-bond acceptors (Lipinski definition) is 3. The highest BCUT2D eigenvalue weighted by molar-refractivity contribution is 7.98. The van der Waals surface area contributed by atoms with Gasteiger partial charge in [-0.2, -0.15) is 0 Å². The van der Waals surface area contributed by atoms with E-state index >= 15 is 0 Å². The first-order valence-corrected chi connectivity index (χ1v) is 8.86. The van der Waals surface area contributed by atoms with Gasteiger partial charge in [0.15, 0.2) is 0 Å². The predicted molar refractivity (Wildman–Crippen MR) is 89.4 cm³/mol. The van der Waals surface area contributed by atoms with Crippen LogP contribution in [-0.2, 0) is 11.3 Å². The van der Waals surface area contributed by atoms with Crippen LogP contribution in [0.1, 0.15) is 43.7 Å². The van der Waals surface area contributed by atoms with E-state index in [-0.39, 0.29) is 17.4 Å². The van der Waals surface area contributed by atoms with Crippen molar-refractivity contribution in [3.63, 3.8) is 0 Å². The molecule has 2 atom stereocenters. The minimum Gasteiger partial charge on any atom is -0.352 e. The van der Waals surface area contributed by atoms with Crippen LogP contribution in [0.5, 0.6) is 0 Å². The average molecular weight is 306 g/mol. The summed E-state index contributed by atoms with van der Waals surface area (Å²) in [6, 6.07) is 6.36. The van der Waals surface area contributed by atoms with E-state index in [9.17, 15) is 4.79 Å². The maximum atomic E-state index is 12.5. The van der Waals surface area contributed by atoms with Crippen molar-refractivity contribution in [3.8, 4) is 0 Å². The Bertz CT molecular complexity index is 514. The maximum Gasteiger partial charge on any atom is 0.225 e. The van der Waals surface area contributed by atoms with Crippen LogP contribution < -0.4 is 11.1 Å². The lowest BCUT2D eigenvalue weighted by molar-refractivity contribution is -0.128. The minimum absolute atomic E-state index is 0.0607. The van der Waals surface area contributed by atoms with Gasteiger partial charge in [-0.25, -0.2) is 0 Å². The van der Waals surface area contributed by atoms with Gasteiger partial charge in [-0.15, -0.1) is 11.8 Å². The van der Waals surface area contributed by atoms with Gasteiger partial charge in [0, 0.05) is 17.0 Å². The first-order chi connectivity index (χ1) is 9.94. The number of carbonyl (C=O) groups is 1.